The summed E-state index contributed by atoms with van der Waals surface area (Å²) in [5.41, 5.74) is 2.79. The van der Waals surface area contributed by atoms with Gasteiger partial charge in [-0.25, -0.2) is 9.79 Å². The highest BCUT2D eigenvalue weighted by atomic mass is 35.5. The van der Waals surface area contributed by atoms with Gasteiger partial charge in [-0.3, -0.25) is 14.2 Å². The van der Waals surface area contributed by atoms with E-state index < -0.39 is 12.0 Å². The van der Waals surface area contributed by atoms with Crippen LogP contribution in [0.2, 0.25) is 5.02 Å². The fourth-order valence-corrected chi connectivity index (χ4v) is 6.36. The SMILES string of the molecule is CC1=C(C(=O)Nc2ccccc2)[C@H](c2ccccc2)n2c(s/c(=C/c3ccc(-c4cc(Cl)ccc4C(=O)OC(C)C)o3)c2=O)=N1. The number of nitrogens with one attached hydrogen (secondary N) is 1. The summed E-state index contributed by atoms with van der Waals surface area (Å²) in [7, 11) is 0. The van der Waals surface area contributed by atoms with E-state index >= 15 is 0 Å². The van der Waals surface area contributed by atoms with Gasteiger partial charge in [-0.15, -0.1) is 0 Å². The molecule has 5 aromatic rings. The molecule has 1 atom stereocenters. The Hall–Kier alpha value is -4.99. The highest BCUT2D eigenvalue weighted by molar-refractivity contribution is 7.07. The Balaban J connectivity index is 1.41. The second-order valence-corrected chi connectivity index (χ2v) is 12.1. The van der Waals surface area contributed by atoms with Gasteiger partial charge in [0, 0.05) is 22.3 Å². The molecule has 0 fully saturated rings. The second kappa shape index (κ2) is 12.6. The predicted molar refractivity (Wildman–Crippen MR) is 175 cm³/mol. The lowest BCUT2D eigenvalue weighted by Crippen LogP contribution is -2.40. The Morgan fingerprint density at radius 2 is 1.73 bits per heavy atom. The highest BCUT2D eigenvalue weighted by Gasteiger charge is 2.32. The van der Waals surface area contributed by atoms with Crippen LogP contribution in [-0.2, 0) is 9.53 Å². The average Bonchev–Trinajstić information content (AvgIpc) is 3.61. The average molecular weight is 638 g/mol. The number of hydrogen-bond acceptors (Lipinski definition) is 7. The molecule has 0 radical (unpaired) electrons. The van der Waals surface area contributed by atoms with Crippen molar-refractivity contribution in [3.8, 4) is 11.3 Å². The van der Waals surface area contributed by atoms with Crippen molar-refractivity contribution < 1.29 is 18.7 Å². The van der Waals surface area contributed by atoms with Crippen LogP contribution >= 0.6 is 22.9 Å². The lowest BCUT2D eigenvalue weighted by molar-refractivity contribution is -0.113. The van der Waals surface area contributed by atoms with Crippen molar-refractivity contribution in [1.82, 2.24) is 4.57 Å². The third kappa shape index (κ3) is 6.18. The number of allylic oxidation sites excluding steroid dienone is 1. The Morgan fingerprint density at radius 3 is 2.44 bits per heavy atom. The van der Waals surface area contributed by atoms with Crippen LogP contribution in [0.4, 0.5) is 5.69 Å². The van der Waals surface area contributed by atoms with Crippen LogP contribution in [0.15, 0.2) is 116 Å². The molecule has 8 nitrogen and oxygen atoms in total. The first-order valence-corrected chi connectivity index (χ1v) is 15.4. The van der Waals surface area contributed by atoms with Crippen molar-refractivity contribution in [3.05, 3.63) is 144 Å². The third-order valence-electron chi connectivity index (χ3n) is 7.12. The van der Waals surface area contributed by atoms with Gasteiger partial charge in [0.15, 0.2) is 4.80 Å². The zero-order valence-electron chi connectivity index (χ0n) is 24.6. The van der Waals surface area contributed by atoms with Crippen molar-refractivity contribution in [2.45, 2.75) is 32.9 Å². The maximum absolute atomic E-state index is 14.0. The van der Waals surface area contributed by atoms with E-state index in [1.165, 1.54) is 11.3 Å². The van der Waals surface area contributed by atoms with Gasteiger partial charge in [-0.2, -0.15) is 0 Å². The lowest BCUT2D eigenvalue weighted by Gasteiger charge is -2.25. The zero-order chi connectivity index (χ0) is 31.7. The summed E-state index contributed by atoms with van der Waals surface area (Å²) >= 11 is 7.47. The van der Waals surface area contributed by atoms with Gasteiger partial charge in [0.2, 0.25) is 0 Å². The molecule has 1 amide bonds. The van der Waals surface area contributed by atoms with Crippen LogP contribution in [0.5, 0.6) is 0 Å². The zero-order valence-corrected chi connectivity index (χ0v) is 26.2. The summed E-state index contributed by atoms with van der Waals surface area (Å²) in [6.07, 6.45) is 1.34. The number of furan rings is 1. The molecule has 0 aliphatic carbocycles. The number of halogens is 1. The van der Waals surface area contributed by atoms with E-state index in [0.717, 1.165) is 5.56 Å². The van der Waals surface area contributed by atoms with E-state index in [1.807, 2.05) is 48.5 Å². The topological polar surface area (TPSA) is 103 Å². The molecule has 0 bridgehead atoms. The molecule has 1 N–H and O–H groups in total. The van der Waals surface area contributed by atoms with Gasteiger partial charge in [0.25, 0.3) is 11.5 Å². The first-order valence-electron chi connectivity index (χ1n) is 14.2. The van der Waals surface area contributed by atoms with Gasteiger partial charge >= 0.3 is 5.97 Å². The fraction of sp³-hybridized carbons (Fsp3) is 0.143. The Labute approximate surface area is 267 Å². The third-order valence-corrected chi connectivity index (χ3v) is 8.34. The number of aromatic nitrogens is 1. The van der Waals surface area contributed by atoms with Crippen molar-refractivity contribution in [2.75, 3.05) is 5.32 Å². The van der Waals surface area contributed by atoms with E-state index in [9.17, 15) is 14.4 Å². The number of rotatable bonds is 7. The molecule has 3 aromatic carbocycles. The number of carbonyl (C=O) groups excluding carboxylic acids is 2. The molecule has 0 saturated carbocycles. The number of benzene rings is 3. The number of anilines is 1. The Morgan fingerprint density at radius 1 is 1.02 bits per heavy atom. The maximum Gasteiger partial charge on any atom is 0.339 e. The molecule has 3 heterocycles. The molecule has 0 spiro atoms. The molecule has 2 aromatic heterocycles. The van der Waals surface area contributed by atoms with Gasteiger partial charge in [-0.05, 0) is 68.8 Å². The monoisotopic (exact) mass is 637 g/mol. The number of ether oxygens (including phenoxy) is 1. The summed E-state index contributed by atoms with van der Waals surface area (Å²) in [6, 6.07) is 26.2. The standard InChI is InChI=1S/C35H28ClN3O5S/c1-20(2)43-34(42)26-16-14-23(36)18-27(26)28-17-15-25(44-28)19-29-33(41)39-31(22-10-6-4-7-11-22)30(21(3)37-35(39)45-29)32(40)38-24-12-8-5-9-13-24/h4-20,31H,1-3H3,(H,38,40)/b29-19+/t31-/m0/s1. The largest absolute Gasteiger partial charge is 0.459 e. The van der Waals surface area contributed by atoms with E-state index in [4.69, 9.17) is 20.8 Å². The van der Waals surface area contributed by atoms with Crippen LogP contribution in [0, 0.1) is 0 Å². The van der Waals surface area contributed by atoms with Gasteiger partial charge < -0.3 is 14.5 Å². The van der Waals surface area contributed by atoms with Gasteiger partial charge in [-0.1, -0.05) is 71.5 Å². The van der Waals surface area contributed by atoms with Crippen LogP contribution in [0.1, 0.15) is 48.5 Å². The summed E-state index contributed by atoms with van der Waals surface area (Å²) < 4.78 is 13.4. The fourth-order valence-electron chi connectivity index (χ4n) is 5.16. The number of hydrogen-bond donors (Lipinski definition) is 1. The second-order valence-electron chi connectivity index (χ2n) is 10.7. The van der Waals surface area contributed by atoms with Crippen molar-refractivity contribution in [3.63, 3.8) is 0 Å². The molecule has 45 heavy (non-hydrogen) atoms. The maximum atomic E-state index is 14.0. The molecule has 10 heteroatoms. The van der Waals surface area contributed by atoms with Crippen molar-refractivity contribution >= 4 is 46.6 Å². The summed E-state index contributed by atoms with van der Waals surface area (Å²) in [5, 5.41) is 3.38. The van der Waals surface area contributed by atoms with Crippen molar-refractivity contribution in [2.24, 2.45) is 4.99 Å². The number of nitrogens with zero attached hydrogens (tertiary/aromatic N) is 2. The Bertz CT molecular complexity index is 2130. The number of carbonyl (C=O) groups is 2. The minimum atomic E-state index is -0.693. The normalized spacial score (nSPS) is 14.7. The quantitative estimate of drug-likeness (QED) is 0.210. The first-order chi connectivity index (χ1) is 21.7. The van der Waals surface area contributed by atoms with Crippen LogP contribution < -0.4 is 20.2 Å². The summed E-state index contributed by atoms with van der Waals surface area (Å²) in [6.45, 7) is 5.33. The molecular formula is C35H28ClN3O5S. The molecule has 6 rings (SSSR count). The first kappa shape index (κ1) is 30.1. The summed E-state index contributed by atoms with van der Waals surface area (Å²) in [5.74, 6) is -0.0431. The molecule has 1 aliphatic heterocycles. The van der Waals surface area contributed by atoms with Crippen LogP contribution in [-0.4, -0.2) is 22.5 Å². The minimum absolute atomic E-state index is 0.299. The van der Waals surface area contributed by atoms with Crippen molar-refractivity contribution in [1.29, 1.82) is 0 Å². The summed E-state index contributed by atoms with van der Waals surface area (Å²) in [4.78, 5) is 45.6. The highest BCUT2D eigenvalue weighted by Crippen LogP contribution is 2.32. The molecular weight excluding hydrogens is 610 g/mol. The molecule has 1 aliphatic rings. The lowest BCUT2D eigenvalue weighted by atomic mass is 9.95. The molecule has 0 unspecified atom stereocenters. The van der Waals surface area contributed by atoms with Crippen LogP contribution in [0.25, 0.3) is 17.4 Å². The van der Waals surface area contributed by atoms with E-state index in [0.29, 0.717) is 54.0 Å². The number of fused-ring (bicyclic) bond motifs is 1. The number of esters is 1. The molecule has 0 saturated heterocycles. The number of thiazole rings is 1. The number of amides is 1. The van der Waals surface area contributed by atoms with Gasteiger partial charge in [0.1, 0.15) is 11.5 Å². The Kier molecular flexibility index (Phi) is 8.38. The molecule has 226 valence electrons. The predicted octanol–water partition coefficient (Wildman–Crippen LogP) is 6.35. The van der Waals surface area contributed by atoms with E-state index in [2.05, 4.69) is 10.3 Å². The van der Waals surface area contributed by atoms with Crippen LogP contribution in [0.3, 0.4) is 0 Å². The van der Waals surface area contributed by atoms with E-state index in [1.54, 1.807) is 73.9 Å². The smallest absolute Gasteiger partial charge is 0.339 e. The van der Waals surface area contributed by atoms with Gasteiger partial charge in [0.05, 0.1) is 33.5 Å². The number of para-hydroxylation sites is 1. The van der Waals surface area contributed by atoms with E-state index in [-0.39, 0.29) is 17.6 Å². The minimum Gasteiger partial charge on any atom is -0.459 e.